The zero-order valence-electron chi connectivity index (χ0n) is 17.7. The summed E-state index contributed by atoms with van der Waals surface area (Å²) in [6, 6.07) is 20.4. The summed E-state index contributed by atoms with van der Waals surface area (Å²) >= 11 is 0. The van der Waals surface area contributed by atoms with Crippen LogP contribution in [0.15, 0.2) is 54.6 Å². The second kappa shape index (κ2) is 9.61. The number of methoxy groups -OCH3 is 1. The smallest absolute Gasteiger partial charge is 0.308 e. The molecule has 0 radical (unpaired) electrons. The quantitative estimate of drug-likeness (QED) is 0.534. The Hall–Kier alpha value is -2.09. The molecular weight excluding hydrogens is 356 g/mol. The Morgan fingerprint density at radius 3 is 1.79 bits per heavy atom. The van der Waals surface area contributed by atoms with E-state index in [1.54, 1.807) is 0 Å². The number of carbonyl (C=O) groups is 1. The van der Waals surface area contributed by atoms with Crippen LogP contribution in [0.2, 0.25) is 0 Å². The van der Waals surface area contributed by atoms with Crippen molar-refractivity contribution in [1.29, 1.82) is 0 Å². The van der Waals surface area contributed by atoms with E-state index in [0.717, 1.165) is 37.5 Å². The topological polar surface area (TPSA) is 26.3 Å². The second-order valence-electron chi connectivity index (χ2n) is 9.15. The van der Waals surface area contributed by atoms with E-state index in [1.165, 1.54) is 55.9 Å². The van der Waals surface area contributed by atoms with Gasteiger partial charge in [0.1, 0.15) is 0 Å². The van der Waals surface area contributed by atoms with Gasteiger partial charge in [-0.25, -0.2) is 0 Å². The van der Waals surface area contributed by atoms with Crippen molar-refractivity contribution in [3.05, 3.63) is 71.3 Å². The number of carbonyl (C=O) groups excluding carboxylic acids is 1. The van der Waals surface area contributed by atoms with E-state index in [4.69, 9.17) is 4.74 Å². The molecule has 29 heavy (non-hydrogen) atoms. The molecule has 2 aromatic carbocycles. The predicted molar refractivity (Wildman–Crippen MR) is 118 cm³/mol. The number of benzene rings is 2. The molecule has 154 valence electrons. The summed E-state index contributed by atoms with van der Waals surface area (Å²) in [6.07, 6.45) is 10.7. The van der Waals surface area contributed by atoms with Gasteiger partial charge in [0, 0.05) is 0 Å². The van der Waals surface area contributed by atoms with Gasteiger partial charge in [0.05, 0.1) is 13.0 Å². The molecule has 0 atom stereocenters. The third kappa shape index (κ3) is 5.10. The second-order valence-corrected chi connectivity index (χ2v) is 9.15. The molecule has 0 aliphatic heterocycles. The first-order valence-corrected chi connectivity index (χ1v) is 11.4. The average Bonchev–Trinajstić information content (AvgIpc) is 2.80. The van der Waals surface area contributed by atoms with E-state index in [1.807, 2.05) is 0 Å². The molecule has 2 nitrogen and oxygen atoms in total. The summed E-state index contributed by atoms with van der Waals surface area (Å²) in [5, 5.41) is 0. The van der Waals surface area contributed by atoms with Crippen LogP contribution in [-0.4, -0.2) is 13.1 Å². The lowest BCUT2D eigenvalue weighted by Crippen LogP contribution is -2.22. The minimum absolute atomic E-state index is 0.0262. The van der Waals surface area contributed by atoms with Crippen LogP contribution in [0.25, 0.3) is 0 Å². The van der Waals surface area contributed by atoms with Gasteiger partial charge in [-0.3, -0.25) is 4.79 Å². The van der Waals surface area contributed by atoms with Crippen LogP contribution < -0.4 is 0 Å². The van der Waals surface area contributed by atoms with Crippen molar-refractivity contribution in [2.24, 2.45) is 11.8 Å². The molecule has 0 bridgehead atoms. The van der Waals surface area contributed by atoms with Crippen LogP contribution in [0.5, 0.6) is 0 Å². The minimum Gasteiger partial charge on any atom is -0.469 e. The SMILES string of the molecule is COC(=O)C1CCC(c2ccc(C3CCC(Cc4ccccc4)CC3)cc2)CC1. The first-order chi connectivity index (χ1) is 14.2. The summed E-state index contributed by atoms with van der Waals surface area (Å²) in [7, 11) is 1.50. The predicted octanol–water partition coefficient (Wildman–Crippen LogP) is 6.65. The molecular formula is C27H34O2. The Bertz CT molecular complexity index is 764. The van der Waals surface area contributed by atoms with Crippen molar-refractivity contribution < 1.29 is 9.53 Å². The normalized spacial score (nSPS) is 27.3. The van der Waals surface area contributed by atoms with Gasteiger partial charge in [0.25, 0.3) is 0 Å². The van der Waals surface area contributed by atoms with Crippen LogP contribution in [0, 0.1) is 11.8 Å². The van der Waals surface area contributed by atoms with Crippen LogP contribution in [0.1, 0.15) is 79.9 Å². The maximum absolute atomic E-state index is 11.7. The van der Waals surface area contributed by atoms with Gasteiger partial charge < -0.3 is 4.74 Å². The molecule has 2 saturated carbocycles. The fourth-order valence-electron chi connectivity index (χ4n) is 5.52. The Labute approximate surface area is 175 Å². The van der Waals surface area contributed by atoms with Crippen molar-refractivity contribution in [2.75, 3.05) is 7.11 Å². The van der Waals surface area contributed by atoms with Gasteiger partial charge in [-0.15, -0.1) is 0 Å². The lowest BCUT2D eigenvalue weighted by Gasteiger charge is -2.30. The Kier molecular flexibility index (Phi) is 6.69. The standard InChI is InChI=1S/C27H34O2/c1-29-27(28)26-17-15-25(16-18-26)24-13-11-23(12-14-24)22-9-7-21(8-10-22)19-20-5-3-2-4-6-20/h2-6,11-14,21-22,25-26H,7-10,15-19H2,1H3. The van der Waals surface area contributed by atoms with Gasteiger partial charge >= 0.3 is 5.97 Å². The summed E-state index contributed by atoms with van der Waals surface area (Å²) in [4.78, 5) is 11.7. The van der Waals surface area contributed by atoms with Gasteiger partial charge in [-0.05, 0) is 92.2 Å². The third-order valence-corrected chi connectivity index (χ3v) is 7.35. The average molecular weight is 391 g/mol. The van der Waals surface area contributed by atoms with E-state index in [-0.39, 0.29) is 11.9 Å². The van der Waals surface area contributed by atoms with Crippen LogP contribution in [0.4, 0.5) is 0 Å². The fraction of sp³-hybridized carbons (Fsp3) is 0.519. The number of esters is 1. The van der Waals surface area contributed by atoms with E-state index in [0.29, 0.717) is 5.92 Å². The monoisotopic (exact) mass is 390 g/mol. The van der Waals surface area contributed by atoms with Crippen molar-refractivity contribution in [3.8, 4) is 0 Å². The third-order valence-electron chi connectivity index (χ3n) is 7.35. The maximum atomic E-state index is 11.7. The van der Waals surface area contributed by atoms with E-state index in [2.05, 4.69) is 54.6 Å². The summed E-state index contributed by atoms with van der Waals surface area (Å²) in [5.74, 6) is 2.26. The molecule has 2 aliphatic carbocycles. The van der Waals surface area contributed by atoms with Crippen molar-refractivity contribution in [2.45, 2.75) is 69.6 Å². The van der Waals surface area contributed by atoms with Crippen molar-refractivity contribution in [3.63, 3.8) is 0 Å². The van der Waals surface area contributed by atoms with Crippen LogP contribution in [0.3, 0.4) is 0 Å². The summed E-state index contributed by atoms with van der Waals surface area (Å²) in [5.41, 5.74) is 4.47. The van der Waals surface area contributed by atoms with Gasteiger partial charge in [-0.2, -0.15) is 0 Å². The molecule has 2 aliphatic rings. The highest BCUT2D eigenvalue weighted by Gasteiger charge is 2.28. The molecule has 2 aromatic rings. The Morgan fingerprint density at radius 1 is 0.759 bits per heavy atom. The zero-order valence-corrected chi connectivity index (χ0v) is 17.7. The van der Waals surface area contributed by atoms with E-state index in [9.17, 15) is 4.79 Å². The number of hydrogen-bond donors (Lipinski definition) is 0. The van der Waals surface area contributed by atoms with Crippen LogP contribution in [-0.2, 0) is 16.0 Å². The van der Waals surface area contributed by atoms with E-state index < -0.39 is 0 Å². The first kappa shape index (κ1) is 20.2. The summed E-state index contributed by atoms with van der Waals surface area (Å²) < 4.78 is 4.92. The minimum atomic E-state index is -0.0262. The zero-order chi connectivity index (χ0) is 20.1. The summed E-state index contributed by atoms with van der Waals surface area (Å²) in [6.45, 7) is 0. The van der Waals surface area contributed by atoms with Crippen molar-refractivity contribution in [1.82, 2.24) is 0 Å². The van der Waals surface area contributed by atoms with Gasteiger partial charge in [0.2, 0.25) is 0 Å². The molecule has 4 rings (SSSR count). The Morgan fingerprint density at radius 2 is 1.28 bits per heavy atom. The first-order valence-electron chi connectivity index (χ1n) is 11.4. The molecule has 0 heterocycles. The van der Waals surface area contributed by atoms with Crippen molar-refractivity contribution >= 4 is 5.97 Å². The van der Waals surface area contributed by atoms with Crippen LogP contribution >= 0.6 is 0 Å². The maximum Gasteiger partial charge on any atom is 0.308 e. The lowest BCUT2D eigenvalue weighted by atomic mass is 9.75. The number of ether oxygens (including phenoxy) is 1. The number of rotatable bonds is 5. The van der Waals surface area contributed by atoms with Gasteiger partial charge in [-0.1, -0.05) is 54.6 Å². The molecule has 0 spiro atoms. The molecule has 0 N–H and O–H groups in total. The van der Waals surface area contributed by atoms with Gasteiger partial charge in [0.15, 0.2) is 0 Å². The Balaban J connectivity index is 1.27. The molecule has 2 heteroatoms. The molecule has 0 amide bonds. The lowest BCUT2D eigenvalue weighted by molar-refractivity contribution is -0.146. The largest absolute Gasteiger partial charge is 0.469 e. The number of hydrogen-bond acceptors (Lipinski definition) is 2. The molecule has 0 aromatic heterocycles. The van der Waals surface area contributed by atoms with E-state index >= 15 is 0 Å². The highest BCUT2D eigenvalue weighted by molar-refractivity contribution is 5.72. The fourth-order valence-corrected chi connectivity index (χ4v) is 5.52. The molecule has 0 saturated heterocycles. The molecule has 2 fully saturated rings. The highest BCUT2D eigenvalue weighted by Crippen LogP contribution is 2.39. The highest BCUT2D eigenvalue weighted by atomic mass is 16.5. The molecule has 0 unspecified atom stereocenters.